The van der Waals surface area contributed by atoms with E-state index < -0.39 is 11.1 Å². The molecule has 1 fully saturated rings. The van der Waals surface area contributed by atoms with Crippen molar-refractivity contribution >= 4 is 29.0 Å². The summed E-state index contributed by atoms with van der Waals surface area (Å²) >= 11 is 0.791. The standard InChI is InChI=1S/C18H12N2O4S/c19-9-12-3-1-2-4-13(12)10-20-17(23)16(25-18(20)24)8-11-5-6-14(21)15(22)7-11/h1-8,21-22H,10H2. The van der Waals surface area contributed by atoms with E-state index >= 15 is 0 Å². The van der Waals surface area contributed by atoms with Crippen molar-refractivity contribution in [3.63, 3.8) is 0 Å². The molecule has 6 nitrogen and oxygen atoms in total. The molecule has 1 heterocycles. The van der Waals surface area contributed by atoms with Gasteiger partial charge in [-0.3, -0.25) is 14.5 Å². The molecule has 1 aliphatic rings. The first-order chi connectivity index (χ1) is 12.0. The third-order valence-electron chi connectivity index (χ3n) is 3.64. The third kappa shape index (κ3) is 3.34. The SMILES string of the molecule is N#Cc1ccccc1CN1C(=O)SC(=Cc2ccc(O)c(O)c2)C1=O. The monoisotopic (exact) mass is 352 g/mol. The van der Waals surface area contributed by atoms with Crippen LogP contribution in [0.5, 0.6) is 11.5 Å². The molecule has 1 saturated heterocycles. The Morgan fingerprint density at radius 1 is 1.12 bits per heavy atom. The van der Waals surface area contributed by atoms with Gasteiger partial charge in [0, 0.05) is 0 Å². The van der Waals surface area contributed by atoms with Gasteiger partial charge in [0.2, 0.25) is 0 Å². The van der Waals surface area contributed by atoms with Crippen LogP contribution in [0.3, 0.4) is 0 Å². The summed E-state index contributed by atoms with van der Waals surface area (Å²) in [5.74, 6) is -1.04. The van der Waals surface area contributed by atoms with Crippen LogP contribution in [0.25, 0.3) is 6.08 Å². The second kappa shape index (κ2) is 6.71. The summed E-state index contributed by atoms with van der Waals surface area (Å²) < 4.78 is 0. The highest BCUT2D eigenvalue weighted by atomic mass is 32.2. The minimum Gasteiger partial charge on any atom is -0.504 e. The van der Waals surface area contributed by atoms with Crippen LogP contribution >= 0.6 is 11.8 Å². The zero-order chi connectivity index (χ0) is 18.0. The van der Waals surface area contributed by atoms with Gasteiger partial charge in [0.05, 0.1) is 23.1 Å². The fraction of sp³-hybridized carbons (Fsp3) is 0.0556. The van der Waals surface area contributed by atoms with E-state index in [0.717, 1.165) is 16.7 Å². The lowest BCUT2D eigenvalue weighted by Crippen LogP contribution is -2.27. The molecule has 0 atom stereocenters. The van der Waals surface area contributed by atoms with Gasteiger partial charge < -0.3 is 10.2 Å². The van der Waals surface area contributed by atoms with Crippen LogP contribution in [0, 0.1) is 11.3 Å². The first-order valence-electron chi connectivity index (χ1n) is 7.25. The summed E-state index contributed by atoms with van der Waals surface area (Å²) in [7, 11) is 0. The number of aromatic hydroxyl groups is 2. The second-order valence-electron chi connectivity index (χ2n) is 5.28. The molecule has 2 amide bonds. The molecular weight excluding hydrogens is 340 g/mol. The molecule has 124 valence electrons. The number of phenolic OH excluding ortho intramolecular Hbond substituents is 2. The molecular formula is C18H12N2O4S. The number of amides is 2. The van der Waals surface area contributed by atoms with Crippen molar-refractivity contribution in [3.05, 3.63) is 64.1 Å². The highest BCUT2D eigenvalue weighted by molar-refractivity contribution is 8.18. The van der Waals surface area contributed by atoms with Gasteiger partial charge in [-0.2, -0.15) is 5.26 Å². The average molecular weight is 352 g/mol. The van der Waals surface area contributed by atoms with E-state index in [1.807, 2.05) is 6.07 Å². The molecule has 0 saturated carbocycles. The molecule has 0 aromatic heterocycles. The van der Waals surface area contributed by atoms with Gasteiger partial charge in [-0.1, -0.05) is 24.3 Å². The van der Waals surface area contributed by atoms with E-state index in [2.05, 4.69) is 0 Å². The van der Waals surface area contributed by atoms with E-state index in [0.29, 0.717) is 16.7 Å². The summed E-state index contributed by atoms with van der Waals surface area (Å²) in [6.45, 7) is 0.0204. The van der Waals surface area contributed by atoms with Gasteiger partial charge in [0.25, 0.3) is 11.1 Å². The van der Waals surface area contributed by atoms with Crippen LogP contribution in [-0.4, -0.2) is 26.3 Å². The zero-order valence-electron chi connectivity index (χ0n) is 12.8. The van der Waals surface area contributed by atoms with Crippen molar-refractivity contribution < 1.29 is 19.8 Å². The number of rotatable bonds is 3. The van der Waals surface area contributed by atoms with E-state index in [-0.39, 0.29) is 22.9 Å². The number of carbonyl (C=O) groups excluding carboxylic acids is 2. The highest BCUT2D eigenvalue weighted by Crippen LogP contribution is 2.34. The van der Waals surface area contributed by atoms with Crippen LogP contribution in [0.15, 0.2) is 47.4 Å². The molecule has 3 rings (SSSR count). The quantitative estimate of drug-likeness (QED) is 0.650. The molecule has 0 spiro atoms. The van der Waals surface area contributed by atoms with Crippen LogP contribution in [0.2, 0.25) is 0 Å². The Morgan fingerprint density at radius 3 is 2.60 bits per heavy atom. The predicted molar refractivity (Wildman–Crippen MR) is 92.4 cm³/mol. The number of imide groups is 1. The average Bonchev–Trinajstić information content (AvgIpc) is 2.86. The Kier molecular flexibility index (Phi) is 4.46. The highest BCUT2D eigenvalue weighted by Gasteiger charge is 2.35. The van der Waals surface area contributed by atoms with E-state index in [1.165, 1.54) is 24.3 Å². The lowest BCUT2D eigenvalue weighted by atomic mass is 10.1. The first kappa shape index (κ1) is 16.6. The maximum absolute atomic E-state index is 12.5. The van der Waals surface area contributed by atoms with Crippen LogP contribution in [0.4, 0.5) is 4.79 Å². The molecule has 0 aliphatic carbocycles. The van der Waals surface area contributed by atoms with Gasteiger partial charge >= 0.3 is 0 Å². The topological polar surface area (TPSA) is 102 Å². The second-order valence-corrected chi connectivity index (χ2v) is 6.28. The normalized spacial score (nSPS) is 15.6. The molecule has 0 unspecified atom stereocenters. The van der Waals surface area contributed by atoms with Crippen molar-refractivity contribution in [1.29, 1.82) is 5.26 Å². The molecule has 2 aromatic rings. The Bertz CT molecular complexity index is 946. The van der Waals surface area contributed by atoms with Crippen LogP contribution in [0.1, 0.15) is 16.7 Å². The van der Waals surface area contributed by atoms with Crippen molar-refractivity contribution in [2.24, 2.45) is 0 Å². The molecule has 7 heteroatoms. The van der Waals surface area contributed by atoms with Crippen LogP contribution < -0.4 is 0 Å². The maximum atomic E-state index is 12.5. The Labute approximate surface area is 147 Å². The summed E-state index contributed by atoms with van der Waals surface area (Å²) in [4.78, 5) is 26.0. The van der Waals surface area contributed by atoms with Gasteiger partial charge in [-0.15, -0.1) is 0 Å². The number of nitriles is 1. The van der Waals surface area contributed by atoms with Crippen molar-refractivity contribution in [2.75, 3.05) is 0 Å². The molecule has 25 heavy (non-hydrogen) atoms. The summed E-state index contributed by atoms with van der Waals surface area (Å²) in [5.41, 5.74) is 1.49. The van der Waals surface area contributed by atoms with E-state index in [1.54, 1.807) is 24.3 Å². The third-order valence-corrected chi connectivity index (χ3v) is 4.54. The number of thioether (sulfide) groups is 1. The Morgan fingerprint density at radius 2 is 1.88 bits per heavy atom. The van der Waals surface area contributed by atoms with Gasteiger partial charge in [0.1, 0.15) is 0 Å². The molecule has 0 bridgehead atoms. The minimum absolute atomic E-state index is 0.0204. The predicted octanol–water partition coefficient (Wildman–Crippen LogP) is 3.21. The van der Waals surface area contributed by atoms with E-state index in [9.17, 15) is 19.8 Å². The molecule has 2 N–H and O–H groups in total. The maximum Gasteiger partial charge on any atom is 0.293 e. The fourth-order valence-corrected chi connectivity index (χ4v) is 3.19. The van der Waals surface area contributed by atoms with Gasteiger partial charge in [-0.05, 0) is 47.2 Å². The molecule has 0 radical (unpaired) electrons. The molecule has 1 aliphatic heterocycles. The number of hydrogen-bond donors (Lipinski definition) is 2. The fourth-order valence-electron chi connectivity index (χ4n) is 2.36. The number of benzene rings is 2. The van der Waals surface area contributed by atoms with Gasteiger partial charge in [-0.25, -0.2) is 0 Å². The Hall–Kier alpha value is -3.24. The lowest BCUT2D eigenvalue weighted by Gasteiger charge is -2.13. The summed E-state index contributed by atoms with van der Waals surface area (Å²) in [5, 5.41) is 27.5. The Balaban J connectivity index is 1.86. The van der Waals surface area contributed by atoms with E-state index in [4.69, 9.17) is 5.26 Å². The summed E-state index contributed by atoms with van der Waals surface area (Å²) in [6.07, 6.45) is 1.47. The minimum atomic E-state index is -0.463. The number of phenols is 2. The van der Waals surface area contributed by atoms with Crippen LogP contribution in [-0.2, 0) is 11.3 Å². The summed E-state index contributed by atoms with van der Waals surface area (Å²) in [6, 6.07) is 12.9. The number of carbonyl (C=O) groups is 2. The van der Waals surface area contributed by atoms with Gasteiger partial charge in [0.15, 0.2) is 11.5 Å². The van der Waals surface area contributed by atoms with Crippen molar-refractivity contribution in [2.45, 2.75) is 6.54 Å². The smallest absolute Gasteiger partial charge is 0.293 e. The zero-order valence-corrected chi connectivity index (χ0v) is 13.7. The van der Waals surface area contributed by atoms with Crippen molar-refractivity contribution in [1.82, 2.24) is 4.90 Å². The molecule has 2 aromatic carbocycles. The lowest BCUT2D eigenvalue weighted by molar-refractivity contribution is -0.123. The van der Waals surface area contributed by atoms with Crippen molar-refractivity contribution in [3.8, 4) is 17.6 Å². The number of nitrogens with zero attached hydrogens (tertiary/aromatic N) is 2. The first-order valence-corrected chi connectivity index (χ1v) is 8.06. The largest absolute Gasteiger partial charge is 0.504 e. The number of hydrogen-bond acceptors (Lipinski definition) is 6.